The van der Waals surface area contributed by atoms with E-state index in [2.05, 4.69) is 5.32 Å². The van der Waals surface area contributed by atoms with Gasteiger partial charge in [0.1, 0.15) is 0 Å². The van der Waals surface area contributed by atoms with Gasteiger partial charge in [-0.3, -0.25) is 10.1 Å². The molecule has 5 heteroatoms. The van der Waals surface area contributed by atoms with Gasteiger partial charge in [-0.25, -0.2) is 4.79 Å². The Morgan fingerprint density at radius 1 is 1.40 bits per heavy atom. The average Bonchev–Trinajstić information content (AvgIpc) is 2.19. The highest BCUT2D eigenvalue weighted by Gasteiger charge is 2.24. The molecule has 3 amide bonds. The summed E-state index contributed by atoms with van der Waals surface area (Å²) in [5.74, 6) is -0.314. The molecule has 0 aliphatic carbocycles. The standard InChI is InChI=1S/C10H18N2O3/c1-3-12(10(14)11-8(2)13)9-4-6-15-7-5-9/h9H,3-7H2,1-2H3,(H,11,13,14). The molecule has 15 heavy (non-hydrogen) atoms. The summed E-state index contributed by atoms with van der Waals surface area (Å²) in [6.07, 6.45) is 1.69. The van der Waals surface area contributed by atoms with Gasteiger partial charge in [-0.05, 0) is 19.8 Å². The van der Waals surface area contributed by atoms with Gasteiger partial charge in [-0.15, -0.1) is 0 Å². The Labute approximate surface area is 89.8 Å². The van der Waals surface area contributed by atoms with E-state index in [0.717, 1.165) is 12.8 Å². The van der Waals surface area contributed by atoms with Crippen LogP contribution in [-0.2, 0) is 9.53 Å². The van der Waals surface area contributed by atoms with Gasteiger partial charge in [-0.1, -0.05) is 0 Å². The Morgan fingerprint density at radius 3 is 2.47 bits per heavy atom. The van der Waals surface area contributed by atoms with Crippen LogP contribution in [0.3, 0.4) is 0 Å². The van der Waals surface area contributed by atoms with E-state index in [1.807, 2.05) is 6.92 Å². The van der Waals surface area contributed by atoms with Crippen LogP contribution in [0.5, 0.6) is 0 Å². The van der Waals surface area contributed by atoms with Gasteiger partial charge in [0.05, 0.1) is 0 Å². The van der Waals surface area contributed by atoms with E-state index in [9.17, 15) is 9.59 Å². The summed E-state index contributed by atoms with van der Waals surface area (Å²) in [6.45, 7) is 5.25. The highest BCUT2D eigenvalue weighted by Crippen LogP contribution is 2.14. The molecule has 86 valence electrons. The minimum atomic E-state index is -0.314. The fraction of sp³-hybridized carbons (Fsp3) is 0.800. The van der Waals surface area contributed by atoms with E-state index < -0.39 is 0 Å². The summed E-state index contributed by atoms with van der Waals surface area (Å²) in [5.41, 5.74) is 0. The second-order valence-electron chi connectivity index (χ2n) is 3.62. The lowest BCUT2D eigenvalue weighted by molar-refractivity contribution is -0.118. The molecule has 1 rings (SSSR count). The monoisotopic (exact) mass is 214 g/mol. The number of hydrogen-bond acceptors (Lipinski definition) is 3. The highest BCUT2D eigenvalue weighted by atomic mass is 16.5. The molecule has 0 spiro atoms. The van der Waals surface area contributed by atoms with Gasteiger partial charge in [-0.2, -0.15) is 0 Å². The van der Waals surface area contributed by atoms with Gasteiger partial charge in [0.2, 0.25) is 5.91 Å². The summed E-state index contributed by atoms with van der Waals surface area (Å²) in [5, 5.41) is 2.30. The summed E-state index contributed by atoms with van der Waals surface area (Å²) >= 11 is 0. The zero-order valence-electron chi connectivity index (χ0n) is 9.28. The van der Waals surface area contributed by atoms with Crippen molar-refractivity contribution >= 4 is 11.9 Å². The molecule has 1 aliphatic rings. The average molecular weight is 214 g/mol. The van der Waals surface area contributed by atoms with Crippen molar-refractivity contribution in [3.8, 4) is 0 Å². The van der Waals surface area contributed by atoms with Gasteiger partial charge in [0, 0.05) is 32.7 Å². The molecular weight excluding hydrogens is 196 g/mol. The number of nitrogens with one attached hydrogen (secondary N) is 1. The Bertz CT molecular complexity index is 237. The van der Waals surface area contributed by atoms with Crippen molar-refractivity contribution in [2.24, 2.45) is 0 Å². The molecule has 0 saturated carbocycles. The largest absolute Gasteiger partial charge is 0.381 e. The van der Waals surface area contributed by atoms with E-state index in [1.165, 1.54) is 6.92 Å². The number of urea groups is 1. The molecule has 1 fully saturated rings. The van der Waals surface area contributed by atoms with Crippen molar-refractivity contribution in [1.29, 1.82) is 0 Å². The van der Waals surface area contributed by atoms with Crippen molar-refractivity contribution in [1.82, 2.24) is 10.2 Å². The van der Waals surface area contributed by atoms with Crippen molar-refractivity contribution in [2.75, 3.05) is 19.8 Å². The van der Waals surface area contributed by atoms with Crippen LogP contribution < -0.4 is 5.32 Å². The number of nitrogens with zero attached hydrogens (tertiary/aromatic N) is 1. The molecule has 1 aliphatic heterocycles. The Balaban J connectivity index is 2.52. The lowest BCUT2D eigenvalue weighted by Gasteiger charge is -2.33. The zero-order valence-corrected chi connectivity index (χ0v) is 9.28. The summed E-state index contributed by atoms with van der Waals surface area (Å²) in [6, 6.07) is -0.0972. The lowest BCUT2D eigenvalue weighted by atomic mass is 10.1. The SMILES string of the molecule is CCN(C(=O)NC(C)=O)C1CCOCC1. The number of carbonyl (C=O) groups is 2. The van der Waals surface area contributed by atoms with E-state index >= 15 is 0 Å². The Kier molecular flexibility index (Phi) is 4.55. The summed E-state index contributed by atoms with van der Waals surface area (Å²) < 4.78 is 5.23. The van der Waals surface area contributed by atoms with Crippen LogP contribution in [0.1, 0.15) is 26.7 Å². The number of carbonyl (C=O) groups excluding carboxylic acids is 2. The number of ether oxygens (including phenoxy) is 1. The molecule has 0 unspecified atom stereocenters. The molecule has 1 N–H and O–H groups in total. The van der Waals surface area contributed by atoms with Crippen molar-refractivity contribution in [3.63, 3.8) is 0 Å². The fourth-order valence-corrected chi connectivity index (χ4v) is 1.79. The van der Waals surface area contributed by atoms with Crippen LogP contribution in [0.4, 0.5) is 4.79 Å². The quantitative estimate of drug-likeness (QED) is 0.737. The molecule has 0 aromatic heterocycles. The summed E-state index contributed by atoms with van der Waals surface area (Å²) in [4.78, 5) is 24.1. The van der Waals surface area contributed by atoms with Crippen LogP contribution in [0.25, 0.3) is 0 Å². The molecule has 1 heterocycles. The minimum absolute atomic E-state index is 0.197. The topological polar surface area (TPSA) is 58.6 Å². The van der Waals surface area contributed by atoms with Gasteiger partial charge >= 0.3 is 6.03 Å². The molecule has 0 aromatic carbocycles. The second kappa shape index (κ2) is 5.70. The van der Waals surface area contributed by atoms with Crippen LogP contribution in [0, 0.1) is 0 Å². The van der Waals surface area contributed by atoms with Gasteiger partial charge < -0.3 is 9.64 Å². The lowest BCUT2D eigenvalue weighted by Crippen LogP contribution is -2.49. The predicted octanol–water partition coefficient (Wildman–Crippen LogP) is 0.743. The maximum atomic E-state index is 11.6. The number of imide groups is 1. The Hall–Kier alpha value is -1.10. The molecule has 5 nitrogen and oxygen atoms in total. The first kappa shape index (κ1) is 12.0. The third kappa shape index (κ3) is 3.51. The number of amides is 3. The predicted molar refractivity (Wildman–Crippen MR) is 55.4 cm³/mol. The van der Waals surface area contributed by atoms with Crippen LogP contribution >= 0.6 is 0 Å². The van der Waals surface area contributed by atoms with Crippen LogP contribution in [-0.4, -0.2) is 42.6 Å². The third-order valence-corrected chi connectivity index (χ3v) is 2.52. The maximum Gasteiger partial charge on any atom is 0.324 e. The van der Waals surface area contributed by atoms with E-state index in [-0.39, 0.29) is 18.0 Å². The second-order valence-corrected chi connectivity index (χ2v) is 3.62. The Morgan fingerprint density at radius 2 is 2.00 bits per heavy atom. The molecule has 0 atom stereocenters. The number of rotatable bonds is 2. The fourth-order valence-electron chi connectivity index (χ4n) is 1.79. The third-order valence-electron chi connectivity index (χ3n) is 2.52. The molecule has 0 bridgehead atoms. The van der Waals surface area contributed by atoms with E-state index in [1.54, 1.807) is 4.90 Å². The normalized spacial score (nSPS) is 17.2. The first-order chi connectivity index (χ1) is 7.15. The highest BCUT2D eigenvalue weighted by molar-refractivity contribution is 5.93. The van der Waals surface area contributed by atoms with Gasteiger partial charge in [0.25, 0.3) is 0 Å². The molecular formula is C10H18N2O3. The minimum Gasteiger partial charge on any atom is -0.381 e. The van der Waals surface area contributed by atoms with E-state index in [0.29, 0.717) is 19.8 Å². The smallest absolute Gasteiger partial charge is 0.324 e. The zero-order chi connectivity index (χ0) is 11.3. The first-order valence-electron chi connectivity index (χ1n) is 5.31. The number of hydrogen-bond donors (Lipinski definition) is 1. The maximum absolute atomic E-state index is 11.6. The van der Waals surface area contributed by atoms with Crippen molar-refractivity contribution in [3.05, 3.63) is 0 Å². The molecule has 0 aromatic rings. The van der Waals surface area contributed by atoms with Crippen LogP contribution in [0.2, 0.25) is 0 Å². The van der Waals surface area contributed by atoms with Gasteiger partial charge in [0.15, 0.2) is 0 Å². The molecule has 1 saturated heterocycles. The first-order valence-corrected chi connectivity index (χ1v) is 5.31. The van der Waals surface area contributed by atoms with Crippen molar-refractivity contribution < 1.29 is 14.3 Å². The van der Waals surface area contributed by atoms with Crippen molar-refractivity contribution in [2.45, 2.75) is 32.7 Å². The van der Waals surface area contributed by atoms with Crippen LogP contribution in [0.15, 0.2) is 0 Å². The van der Waals surface area contributed by atoms with E-state index in [4.69, 9.17) is 4.74 Å². The molecule has 0 radical (unpaired) electrons. The summed E-state index contributed by atoms with van der Waals surface area (Å²) in [7, 11) is 0.